The highest BCUT2D eigenvalue weighted by molar-refractivity contribution is 7.80. The molecule has 23 N–H and O–H groups in total. The summed E-state index contributed by atoms with van der Waals surface area (Å²) in [6.45, 7) is -4.49. The highest BCUT2D eigenvalue weighted by atomic mass is 32.3. The largest absolute Gasteiger partial charge is 0.477 e. The first kappa shape index (κ1) is 63.3. The Morgan fingerprint density at radius 2 is 1.11 bits per heavy atom. The summed E-state index contributed by atoms with van der Waals surface area (Å²) in [7, 11) is -5.40. The Morgan fingerprint density at radius 1 is 0.592 bits per heavy atom. The number of aliphatic hydroxyl groups excluding tert-OH is 17. The zero-order chi connectivity index (χ0) is 56.6. The van der Waals surface area contributed by atoms with Crippen molar-refractivity contribution in [1.82, 2.24) is 0 Å². The Bertz CT molecular complexity index is 1970. The fourth-order valence-corrected chi connectivity index (χ4v) is 9.67. The van der Waals surface area contributed by atoms with E-state index in [1.807, 2.05) is 0 Å². The van der Waals surface area contributed by atoms with E-state index in [4.69, 9.17) is 63.6 Å². The molecule has 444 valence electrons. The molecule has 6 fully saturated rings. The van der Waals surface area contributed by atoms with Crippen molar-refractivity contribution in [3.05, 3.63) is 0 Å². The Kier molecular flexibility index (Phi) is 21.6. The van der Waals surface area contributed by atoms with Gasteiger partial charge >= 0.3 is 16.4 Å². The van der Waals surface area contributed by atoms with Crippen LogP contribution in [0.5, 0.6) is 0 Å². The summed E-state index contributed by atoms with van der Waals surface area (Å²) in [6.07, 6.45) is -58.6. The molecule has 6 heterocycles. The van der Waals surface area contributed by atoms with Crippen molar-refractivity contribution in [3.63, 3.8) is 0 Å². The topological polar surface area (TPSA) is 598 Å². The highest BCUT2D eigenvalue weighted by Crippen LogP contribution is 2.40. The lowest BCUT2D eigenvalue weighted by Crippen LogP contribution is -2.71. The first-order chi connectivity index (χ1) is 35.5. The van der Waals surface area contributed by atoms with Gasteiger partial charge in [0.25, 0.3) is 5.79 Å². The molecule has 36 nitrogen and oxygen atoms in total. The molecule has 6 rings (SSSR count). The van der Waals surface area contributed by atoms with Gasteiger partial charge in [-0.3, -0.25) is 4.55 Å². The van der Waals surface area contributed by atoms with Crippen molar-refractivity contribution >= 4 is 16.4 Å². The second-order valence-electron chi connectivity index (χ2n) is 18.9. The molecule has 6 aliphatic heterocycles. The van der Waals surface area contributed by atoms with Crippen LogP contribution in [-0.2, 0) is 71.5 Å². The second kappa shape index (κ2) is 25.9. The Hall–Kier alpha value is -1.86. The number of rotatable bonds is 20. The molecular formula is C39H68N2O34S. The lowest BCUT2D eigenvalue weighted by molar-refractivity contribution is -0.398. The number of ether oxygens (including phenoxy) is 11. The van der Waals surface area contributed by atoms with Crippen LogP contribution in [0.3, 0.4) is 0 Å². The maximum Gasteiger partial charge on any atom is 0.397 e. The molecule has 31 atom stereocenters. The van der Waals surface area contributed by atoms with Crippen molar-refractivity contribution in [3.8, 4) is 0 Å². The quantitative estimate of drug-likeness (QED) is 0.0503. The van der Waals surface area contributed by atoms with E-state index in [0.717, 1.165) is 0 Å². The van der Waals surface area contributed by atoms with Gasteiger partial charge in [-0.1, -0.05) is 0 Å². The lowest BCUT2D eigenvalue weighted by atomic mass is 9.88. The van der Waals surface area contributed by atoms with Crippen LogP contribution in [0, 0.1) is 0 Å². The van der Waals surface area contributed by atoms with E-state index in [0.29, 0.717) is 0 Å². The standard InChI is InChI=1S/C39H68N2O34S/c1-8-17(48)21(52)24(55)35(65-8)72-30-16(41)34(73-31-19(50)11(4-43)67-36(25(31)56)70-27-12(5-44)66-33(58)23(54)22(27)53)68-13(6-45)28(30)71-37-26(57)32(20(51)14(69-37)7-64-76(61,62)63)75-39(38(59)60)2-9(46)15(40)29(74-39)18(49)10(47)3-42/h8-37,42-58H,2-7,40-41H2,1H3,(H,59,60)(H,61,62,63)/t8-,9-,10+,11+,12+,13+,14+,15+,16+,17+,18+,19-,20-,21+,22+,23+,24-,25+,26+,27+,28+,29+,30+,31-,32-,33+,34-,35-,36-,37-,39-/m0/s1. The number of hydrogen-bond donors (Lipinski definition) is 21. The molecule has 0 saturated carbocycles. The van der Waals surface area contributed by atoms with E-state index in [1.54, 1.807) is 0 Å². The average Bonchev–Trinajstić information content (AvgIpc) is 3.37. The number of carbonyl (C=O) groups is 1. The van der Waals surface area contributed by atoms with Gasteiger partial charge in [0, 0.05) is 6.42 Å². The Balaban J connectivity index is 1.35. The molecule has 0 spiro atoms. The number of hydrogen-bond acceptors (Lipinski definition) is 34. The van der Waals surface area contributed by atoms with Crippen molar-refractivity contribution in [2.45, 2.75) is 203 Å². The highest BCUT2D eigenvalue weighted by Gasteiger charge is 2.61. The normalized spacial score (nSPS) is 49.5. The van der Waals surface area contributed by atoms with Crippen molar-refractivity contribution < 1.29 is 166 Å². The van der Waals surface area contributed by atoms with Crippen molar-refractivity contribution in [2.24, 2.45) is 11.5 Å². The van der Waals surface area contributed by atoms with Crippen molar-refractivity contribution in [1.29, 1.82) is 0 Å². The summed E-state index contributed by atoms with van der Waals surface area (Å²) in [5.41, 5.74) is 12.6. The van der Waals surface area contributed by atoms with E-state index in [9.17, 15) is 110 Å². The first-order valence-electron chi connectivity index (χ1n) is 23.4. The van der Waals surface area contributed by atoms with Crippen LogP contribution in [0.15, 0.2) is 0 Å². The minimum atomic E-state index is -5.40. The minimum absolute atomic E-state index is 0.942. The molecule has 0 aromatic heterocycles. The van der Waals surface area contributed by atoms with E-state index in [1.165, 1.54) is 6.92 Å². The van der Waals surface area contributed by atoms with Gasteiger partial charge in [-0.2, -0.15) is 8.42 Å². The zero-order valence-electron chi connectivity index (χ0n) is 39.7. The van der Waals surface area contributed by atoms with Gasteiger partial charge in [-0.05, 0) is 6.92 Å². The van der Waals surface area contributed by atoms with Crippen LogP contribution in [-0.4, -0.2) is 334 Å². The monoisotopic (exact) mass is 1140 g/mol. The predicted molar refractivity (Wildman–Crippen MR) is 229 cm³/mol. The van der Waals surface area contributed by atoms with Gasteiger partial charge < -0.3 is 155 Å². The summed E-state index contributed by atoms with van der Waals surface area (Å²) in [5, 5.41) is 192. The lowest BCUT2D eigenvalue weighted by Gasteiger charge is -2.52. The molecule has 0 aromatic rings. The van der Waals surface area contributed by atoms with Gasteiger partial charge in [-0.25, -0.2) is 8.98 Å². The third kappa shape index (κ3) is 13.4. The molecule has 6 aliphatic rings. The second-order valence-corrected chi connectivity index (χ2v) is 20.0. The maximum absolute atomic E-state index is 13.0. The Morgan fingerprint density at radius 3 is 1.68 bits per heavy atom. The predicted octanol–water partition coefficient (Wildman–Crippen LogP) is -14.1. The number of aliphatic carboxylic acids is 1. The van der Waals surface area contributed by atoms with Crippen LogP contribution >= 0.6 is 0 Å². The van der Waals surface area contributed by atoms with Crippen LogP contribution in [0.25, 0.3) is 0 Å². The molecule has 6 saturated heterocycles. The molecule has 0 bridgehead atoms. The molecule has 37 heteroatoms. The molecule has 76 heavy (non-hydrogen) atoms. The first-order valence-corrected chi connectivity index (χ1v) is 24.8. The number of aliphatic hydroxyl groups is 17. The molecule has 0 aromatic carbocycles. The maximum atomic E-state index is 13.0. The van der Waals surface area contributed by atoms with Gasteiger partial charge in [0.1, 0.15) is 128 Å². The summed E-state index contributed by atoms with van der Waals surface area (Å²) in [5.74, 6) is -5.42. The van der Waals surface area contributed by atoms with E-state index in [-0.39, 0.29) is 0 Å². The third-order valence-corrected chi connectivity index (χ3v) is 14.2. The Labute approximate surface area is 429 Å². The average molecular weight is 1140 g/mol. The van der Waals surface area contributed by atoms with Gasteiger partial charge in [0.15, 0.2) is 31.5 Å². The fraction of sp³-hybridized carbons (Fsp3) is 0.974. The van der Waals surface area contributed by atoms with Crippen molar-refractivity contribution in [2.75, 3.05) is 33.0 Å². The summed E-state index contributed by atoms with van der Waals surface area (Å²) >= 11 is 0. The van der Waals surface area contributed by atoms with Gasteiger partial charge in [0.2, 0.25) is 0 Å². The zero-order valence-corrected chi connectivity index (χ0v) is 40.6. The minimum Gasteiger partial charge on any atom is -0.477 e. The van der Waals surface area contributed by atoms with Crippen LogP contribution < -0.4 is 11.5 Å². The van der Waals surface area contributed by atoms with Crippen LogP contribution in [0.2, 0.25) is 0 Å². The van der Waals surface area contributed by atoms with E-state index in [2.05, 4.69) is 4.18 Å². The smallest absolute Gasteiger partial charge is 0.397 e. The number of nitrogens with two attached hydrogens (primary N) is 2. The molecule has 0 radical (unpaired) electrons. The molecule has 0 amide bonds. The summed E-state index contributed by atoms with van der Waals surface area (Å²) in [4.78, 5) is 13.0. The van der Waals surface area contributed by atoms with E-state index >= 15 is 0 Å². The number of carboxylic acids is 1. The molecule has 0 unspecified atom stereocenters. The summed E-state index contributed by atoms with van der Waals surface area (Å²) in [6, 6.07) is -3.66. The SMILES string of the molecule is C[C@@H]1O[C@@H](O[C@@H]2[C@@H](N)[C@H](O[C@H]3[C@@H](O)[C@@H](CO)O[C@@H](O[C@H]4[C@H](O)[C@@H](O)[C@H](O)O[C@@H]4CO)[C@@H]3O)O[C@H](CO)[C@H]2O[C@@H]2O[C@H](COS(=O)(=O)O)[C@H](O)[C@H](O[C@]3(C(=O)O)C[C@H](O)[C@@H](N)[C@H]([C@H](O)[C@H](O)CO)O3)[C@H]2O)[C@@H](O)[C@H](O)[C@@H]1O. The van der Waals surface area contributed by atoms with Gasteiger partial charge in [0.05, 0.1) is 57.3 Å². The van der Waals surface area contributed by atoms with Gasteiger partial charge in [-0.15, -0.1) is 0 Å². The molecular weight excluding hydrogens is 1070 g/mol. The van der Waals surface area contributed by atoms with E-state index < -0.39 is 246 Å². The fourth-order valence-electron chi connectivity index (χ4n) is 9.37. The van der Waals surface area contributed by atoms with Crippen LogP contribution in [0.4, 0.5) is 0 Å². The third-order valence-electron chi connectivity index (χ3n) is 13.7. The number of carboxylic acid groups (broad SMARTS) is 1. The summed E-state index contributed by atoms with van der Waals surface area (Å²) < 4.78 is 99.8. The molecule has 0 aliphatic carbocycles. The van der Waals surface area contributed by atoms with Crippen LogP contribution in [0.1, 0.15) is 13.3 Å².